The molecule has 1 fully saturated rings. The zero-order valence-electron chi connectivity index (χ0n) is 13.1. The summed E-state index contributed by atoms with van der Waals surface area (Å²) in [5, 5.41) is 12.3. The molecule has 6 heteroatoms. The van der Waals surface area contributed by atoms with E-state index >= 15 is 0 Å². The van der Waals surface area contributed by atoms with E-state index in [0.29, 0.717) is 17.3 Å². The molecule has 0 radical (unpaired) electrons. The number of tetrazole rings is 1. The second kappa shape index (κ2) is 4.19. The molecular weight excluding hydrogens is 266 g/mol. The third kappa shape index (κ3) is 1.74. The lowest BCUT2D eigenvalue weighted by atomic mass is 10.0. The zero-order chi connectivity index (χ0) is 15.4. The van der Waals surface area contributed by atoms with Gasteiger partial charge >= 0.3 is 0 Å². The van der Waals surface area contributed by atoms with Gasteiger partial charge in [-0.15, -0.1) is 5.10 Å². The Kier molecular flexibility index (Phi) is 2.77. The van der Waals surface area contributed by atoms with Crippen LogP contribution in [0.3, 0.4) is 0 Å². The number of ether oxygens (including phenoxy) is 1. The SMILES string of the molecule is COc1c(N)cccc1-c1nnnn1C1C(C)(C)C1(C)C. The number of hydrogen-bond acceptors (Lipinski definition) is 5. The van der Waals surface area contributed by atoms with Crippen molar-refractivity contribution < 1.29 is 4.74 Å². The van der Waals surface area contributed by atoms with E-state index < -0.39 is 0 Å². The first kappa shape index (κ1) is 13.9. The summed E-state index contributed by atoms with van der Waals surface area (Å²) in [5.74, 6) is 1.31. The highest BCUT2D eigenvalue weighted by Gasteiger charge is 2.67. The van der Waals surface area contributed by atoms with Crippen LogP contribution in [0.2, 0.25) is 0 Å². The number of nitrogens with two attached hydrogens (primary N) is 1. The Morgan fingerprint density at radius 2 is 1.86 bits per heavy atom. The summed E-state index contributed by atoms with van der Waals surface area (Å²) in [5.41, 5.74) is 7.67. The molecular formula is C15H21N5O. The van der Waals surface area contributed by atoms with Gasteiger partial charge in [-0.05, 0) is 33.4 Å². The molecule has 1 aliphatic rings. The molecule has 112 valence electrons. The molecule has 3 rings (SSSR count). The largest absolute Gasteiger partial charge is 0.494 e. The van der Waals surface area contributed by atoms with E-state index in [1.165, 1.54) is 0 Å². The van der Waals surface area contributed by atoms with Crippen molar-refractivity contribution in [2.24, 2.45) is 10.8 Å². The molecule has 1 saturated carbocycles. The molecule has 1 aromatic carbocycles. The zero-order valence-corrected chi connectivity index (χ0v) is 13.1. The number of anilines is 1. The van der Waals surface area contributed by atoms with Crippen LogP contribution in [0.4, 0.5) is 5.69 Å². The number of aromatic nitrogens is 4. The summed E-state index contributed by atoms with van der Waals surface area (Å²) in [6, 6.07) is 5.87. The van der Waals surface area contributed by atoms with E-state index in [-0.39, 0.29) is 16.9 Å². The molecule has 0 bridgehead atoms. The second-order valence-corrected chi connectivity index (χ2v) is 6.72. The van der Waals surface area contributed by atoms with Gasteiger partial charge in [-0.2, -0.15) is 0 Å². The Morgan fingerprint density at radius 1 is 1.19 bits per heavy atom. The van der Waals surface area contributed by atoms with Crippen molar-refractivity contribution in [3.8, 4) is 17.1 Å². The average molecular weight is 287 g/mol. The van der Waals surface area contributed by atoms with Gasteiger partial charge in [0.15, 0.2) is 11.6 Å². The van der Waals surface area contributed by atoms with Gasteiger partial charge in [0.1, 0.15) is 0 Å². The first-order valence-corrected chi connectivity index (χ1v) is 7.03. The quantitative estimate of drug-likeness (QED) is 0.878. The summed E-state index contributed by atoms with van der Waals surface area (Å²) in [6.45, 7) is 8.94. The van der Waals surface area contributed by atoms with Gasteiger partial charge in [0.25, 0.3) is 0 Å². The van der Waals surface area contributed by atoms with Crippen LogP contribution in [-0.4, -0.2) is 27.3 Å². The predicted octanol–water partition coefficient (Wildman–Crippen LogP) is 2.54. The molecule has 21 heavy (non-hydrogen) atoms. The molecule has 2 N–H and O–H groups in total. The smallest absolute Gasteiger partial charge is 0.186 e. The summed E-state index contributed by atoms with van der Waals surface area (Å²) in [4.78, 5) is 0. The Morgan fingerprint density at radius 3 is 2.43 bits per heavy atom. The van der Waals surface area contributed by atoms with Crippen LogP contribution in [0.25, 0.3) is 11.4 Å². The van der Waals surface area contributed by atoms with Crippen LogP contribution in [0, 0.1) is 10.8 Å². The standard InChI is InChI=1S/C15H21N5O/c1-14(2)13(15(14,3)4)20-12(17-18-19-20)9-7-6-8-10(16)11(9)21-5/h6-8,13H,16H2,1-5H3. The Balaban J connectivity index is 2.12. The predicted molar refractivity (Wildman–Crippen MR) is 80.8 cm³/mol. The highest BCUT2D eigenvalue weighted by molar-refractivity contribution is 5.73. The second-order valence-electron chi connectivity index (χ2n) is 6.72. The molecule has 0 unspecified atom stereocenters. The van der Waals surface area contributed by atoms with Crippen LogP contribution in [0.5, 0.6) is 5.75 Å². The fourth-order valence-electron chi connectivity index (χ4n) is 3.28. The summed E-state index contributed by atoms with van der Waals surface area (Å²) < 4.78 is 7.33. The third-order valence-corrected chi connectivity index (χ3v) is 5.17. The van der Waals surface area contributed by atoms with Crippen molar-refractivity contribution in [1.29, 1.82) is 0 Å². The summed E-state index contributed by atoms with van der Waals surface area (Å²) >= 11 is 0. The molecule has 0 amide bonds. The molecule has 1 aliphatic carbocycles. The van der Waals surface area contributed by atoms with Gasteiger partial charge in [0, 0.05) is 0 Å². The van der Waals surface area contributed by atoms with Crippen LogP contribution in [0.1, 0.15) is 33.7 Å². The van der Waals surface area contributed by atoms with Crippen molar-refractivity contribution in [2.45, 2.75) is 33.7 Å². The van der Waals surface area contributed by atoms with Gasteiger partial charge in [-0.3, -0.25) is 0 Å². The van der Waals surface area contributed by atoms with Crippen molar-refractivity contribution in [2.75, 3.05) is 12.8 Å². The van der Waals surface area contributed by atoms with Crippen molar-refractivity contribution >= 4 is 5.69 Å². The Bertz CT molecular complexity index is 675. The average Bonchev–Trinajstić information content (AvgIpc) is 2.77. The van der Waals surface area contributed by atoms with E-state index in [9.17, 15) is 0 Å². The lowest BCUT2D eigenvalue weighted by molar-refractivity contribution is 0.417. The van der Waals surface area contributed by atoms with Crippen LogP contribution in [0.15, 0.2) is 18.2 Å². The number of hydrogen-bond donors (Lipinski definition) is 1. The van der Waals surface area contributed by atoms with Crippen molar-refractivity contribution in [3.05, 3.63) is 18.2 Å². The Hall–Kier alpha value is -2.11. The van der Waals surface area contributed by atoms with E-state index in [2.05, 4.69) is 43.2 Å². The van der Waals surface area contributed by atoms with Gasteiger partial charge < -0.3 is 10.5 Å². The molecule has 6 nitrogen and oxygen atoms in total. The minimum absolute atomic E-state index is 0.144. The maximum absolute atomic E-state index is 5.98. The molecule has 0 aliphatic heterocycles. The molecule has 0 saturated heterocycles. The summed E-state index contributed by atoms with van der Waals surface area (Å²) in [6.07, 6.45) is 0. The normalized spacial score (nSPS) is 19.5. The maximum atomic E-state index is 5.98. The molecule has 0 atom stereocenters. The maximum Gasteiger partial charge on any atom is 0.186 e. The monoisotopic (exact) mass is 287 g/mol. The van der Waals surface area contributed by atoms with Crippen molar-refractivity contribution in [3.63, 3.8) is 0 Å². The fraction of sp³-hybridized carbons (Fsp3) is 0.533. The topological polar surface area (TPSA) is 78.8 Å². The van der Waals surface area contributed by atoms with E-state index in [1.54, 1.807) is 7.11 Å². The van der Waals surface area contributed by atoms with Crippen molar-refractivity contribution in [1.82, 2.24) is 20.2 Å². The minimum atomic E-state index is 0.144. The number of methoxy groups -OCH3 is 1. The van der Waals surface area contributed by atoms with E-state index in [1.807, 2.05) is 22.9 Å². The number of rotatable bonds is 3. The van der Waals surface area contributed by atoms with E-state index in [0.717, 1.165) is 5.56 Å². The fourth-order valence-corrected chi connectivity index (χ4v) is 3.28. The Labute approximate surface area is 124 Å². The number of benzene rings is 1. The first-order valence-electron chi connectivity index (χ1n) is 7.03. The number of nitrogens with zero attached hydrogens (tertiary/aromatic N) is 4. The molecule has 2 aromatic rings. The van der Waals surface area contributed by atoms with Gasteiger partial charge in [0.2, 0.25) is 0 Å². The van der Waals surface area contributed by atoms with Gasteiger partial charge in [0.05, 0.1) is 24.4 Å². The van der Waals surface area contributed by atoms with Crippen LogP contribution in [-0.2, 0) is 0 Å². The lowest BCUT2D eigenvalue weighted by Gasteiger charge is -2.11. The number of nitrogen functional groups attached to an aromatic ring is 1. The van der Waals surface area contributed by atoms with Gasteiger partial charge in [-0.1, -0.05) is 33.8 Å². The van der Waals surface area contributed by atoms with Crippen LogP contribution < -0.4 is 10.5 Å². The van der Waals surface area contributed by atoms with Gasteiger partial charge in [-0.25, -0.2) is 4.68 Å². The molecule has 0 spiro atoms. The first-order chi connectivity index (χ1) is 9.82. The van der Waals surface area contributed by atoms with E-state index in [4.69, 9.17) is 10.5 Å². The summed E-state index contributed by atoms with van der Waals surface area (Å²) in [7, 11) is 1.61. The molecule has 1 aromatic heterocycles. The lowest BCUT2D eigenvalue weighted by Crippen LogP contribution is -2.07. The molecule has 1 heterocycles. The minimum Gasteiger partial charge on any atom is -0.494 e. The highest BCUT2D eigenvalue weighted by Crippen LogP contribution is 2.71. The highest BCUT2D eigenvalue weighted by atomic mass is 16.5. The third-order valence-electron chi connectivity index (χ3n) is 5.17. The number of para-hydroxylation sites is 1. The van der Waals surface area contributed by atoms with Crippen LogP contribution >= 0.6 is 0 Å².